The van der Waals surface area contributed by atoms with Crippen molar-refractivity contribution < 1.29 is 22.0 Å². The number of H-pyrrole nitrogens is 1. The summed E-state index contributed by atoms with van der Waals surface area (Å²) in [6.45, 7) is 1.86. The molecule has 9 heteroatoms. The molecule has 1 aliphatic rings. The summed E-state index contributed by atoms with van der Waals surface area (Å²) < 4.78 is 50.8. The van der Waals surface area contributed by atoms with E-state index < -0.39 is 21.5 Å². The van der Waals surface area contributed by atoms with Gasteiger partial charge in [-0.25, -0.2) is 17.2 Å². The molecule has 146 valence electrons. The van der Waals surface area contributed by atoms with Crippen LogP contribution in [-0.2, 0) is 16.4 Å². The monoisotopic (exact) mass is 397 g/mol. The van der Waals surface area contributed by atoms with Crippen molar-refractivity contribution in [1.29, 1.82) is 0 Å². The predicted molar refractivity (Wildman–Crippen MR) is 95.8 cm³/mol. The Morgan fingerprint density at radius 1 is 1.33 bits per heavy atom. The number of carbonyl (C=O) groups excluding carboxylic acids is 1. The highest BCUT2D eigenvalue weighted by Crippen LogP contribution is 2.23. The van der Waals surface area contributed by atoms with E-state index in [1.807, 2.05) is 0 Å². The standard InChI is InChI=1S/C18H21F2N3O3S/c1-12-8-17(22-21-12)18(24)23(6-4-13-5-7-27(25,26)11-13)10-14-9-15(19)2-3-16(14)20/h2-3,8-9,13H,4-7,10-11H2,1H3,(H,21,22). The molecule has 0 bridgehead atoms. The summed E-state index contributed by atoms with van der Waals surface area (Å²) in [7, 11) is -3.01. The molecule has 1 fully saturated rings. The number of carbonyl (C=O) groups is 1. The zero-order valence-electron chi connectivity index (χ0n) is 14.9. The number of hydrogen-bond acceptors (Lipinski definition) is 4. The lowest BCUT2D eigenvalue weighted by molar-refractivity contribution is 0.0727. The Morgan fingerprint density at radius 2 is 2.11 bits per heavy atom. The Morgan fingerprint density at radius 3 is 2.74 bits per heavy atom. The van der Waals surface area contributed by atoms with Crippen LogP contribution in [0.25, 0.3) is 0 Å². The van der Waals surface area contributed by atoms with Crippen molar-refractivity contribution in [2.45, 2.75) is 26.3 Å². The Bertz CT molecular complexity index is 943. The second-order valence-electron chi connectivity index (χ2n) is 6.94. The molecule has 1 N–H and O–H groups in total. The Hall–Kier alpha value is -2.29. The minimum atomic E-state index is -3.01. The molecule has 2 aromatic rings. The molecule has 1 atom stereocenters. The van der Waals surface area contributed by atoms with Crippen LogP contribution in [-0.4, -0.2) is 47.5 Å². The first-order valence-corrected chi connectivity index (χ1v) is 10.5. The van der Waals surface area contributed by atoms with Crippen molar-refractivity contribution >= 4 is 15.7 Å². The third-order valence-electron chi connectivity index (χ3n) is 4.73. The molecule has 0 radical (unpaired) electrons. The van der Waals surface area contributed by atoms with Crippen LogP contribution in [0.1, 0.15) is 34.6 Å². The molecule has 0 aliphatic carbocycles. The predicted octanol–water partition coefficient (Wildman–Crippen LogP) is 2.46. The number of aromatic amines is 1. The second-order valence-corrected chi connectivity index (χ2v) is 9.17. The van der Waals surface area contributed by atoms with Crippen LogP contribution in [0.5, 0.6) is 0 Å². The highest BCUT2D eigenvalue weighted by Gasteiger charge is 2.29. The van der Waals surface area contributed by atoms with Crippen molar-refractivity contribution in [3.8, 4) is 0 Å². The first kappa shape index (κ1) is 19.5. The van der Waals surface area contributed by atoms with Gasteiger partial charge in [-0.3, -0.25) is 9.89 Å². The summed E-state index contributed by atoms with van der Waals surface area (Å²) in [6, 6.07) is 4.69. The quantitative estimate of drug-likeness (QED) is 0.812. The third-order valence-corrected chi connectivity index (χ3v) is 6.56. The first-order valence-electron chi connectivity index (χ1n) is 8.69. The SMILES string of the molecule is Cc1cc(C(=O)N(CCC2CCS(=O)(=O)C2)Cc2cc(F)ccc2F)[nH]n1. The van der Waals surface area contributed by atoms with Gasteiger partial charge in [0.15, 0.2) is 9.84 Å². The van der Waals surface area contributed by atoms with E-state index in [4.69, 9.17) is 0 Å². The van der Waals surface area contributed by atoms with Crippen LogP contribution < -0.4 is 0 Å². The molecule has 0 spiro atoms. The average Bonchev–Trinajstić information content (AvgIpc) is 3.19. The number of sulfone groups is 1. The van der Waals surface area contributed by atoms with Crippen molar-refractivity contribution in [1.82, 2.24) is 15.1 Å². The van der Waals surface area contributed by atoms with Gasteiger partial charge in [-0.1, -0.05) is 0 Å². The van der Waals surface area contributed by atoms with Crippen molar-refractivity contribution in [3.05, 3.63) is 52.9 Å². The van der Waals surface area contributed by atoms with E-state index in [0.29, 0.717) is 18.5 Å². The van der Waals surface area contributed by atoms with Gasteiger partial charge in [-0.15, -0.1) is 0 Å². The molecule has 1 aliphatic heterocycles. The number of nitrogens with zero attached hydrogens (tertiary/aromatic N) is 2. The lowest BCUT2D eigenvalue weighted by atomic mass is 10.0. The lowest BCUT2D eigenvalue weighted by Gasteiger charge is -2.24. The number of rotatable bonds is 6. The average molecular weight is 397 g/mol. The highest BCUT2D eigenvalue weighted by atomic mass is 32.2. The minimum Gasteiger partial charge on any atom is -0.333 e. The summed E-state index contributed by atoms with van der Waals surface area (Å²) in [4.78, 5) is 14.2. The molecular formula is C18H21F2N3O3S. The molecule has 2 heterocycles. The fourth-order valence-electron chi connectivity index (χ4n) is 3.26. The molecule has 1 saturated heterocycles. The number of benzene rings is 1. The molecule has 1 aromatic heterocycles. The number of hydrogen-bond donors (Lipinski definition) is 1. The van der Waals surface area contributed by atoms with Crippen molar-refractivity contribution in [2.24, 2.45) is 5.92 Å². The van der Waals surface area contributed by atoms with Gasteiger partial charge in [0.2, 0.25) is 0 Å². The van der Waals surface area contributed by atoms with E-state index >= 15 is 0 Å². The van der Waals surface area contributed by atoms with E-state index in [1.165, 1.54) is 4.90 Å². The van der Waals surface area contributed by atoms with Crippen LogP contribution in [0.3, 0.4) is 0 Å². The number of aryl methyl sites for hydroxylation is 1. The van der Waals surface area contributed by atoms with Crippen LogP contribution >= 0.6 is 0 Å². The van der Waals surface area contributed by atoms with E-state index in [-0.39, 0.29) is 47.7 Å². The fraction of sp³-hybridized carbons (Fsp3) is 0.444. The largest absolute Gasteiger partial charge is 0.333 e. The summed E-state index contributed by atoms with van der Waals surface area (Å²) >= 11 is 0. The highest BCUT2D eigenvalue weighted by molar-refractivity contribution is 7.91. The first-order chi connectivity index (χ1) is 12.7. The van der Waals surface area contributed by atoms with Gasteiger partial charge < -0.3 is 4.90 Å². The lowest BCUT2D eigenvalue weighted by Crippen LogP contribution is -2.33. The molecule has 1 amide bonds. The van der Waals surface area contributed by atoms with E-state index in [0.717, 1.165) is 18.2 Å². The van der Waals surface area contributed by atoms with Crippen LogP contribution in [0.2, 0.25) is 0 Å². The third kappa shape index (κ3) is 4.91. The van der Waals surface area contributed by atoms with Gasteiger partial charge in [-0.2, -0.15) is 5.10 Å². The molecule has 1 aromatic carbocycles. The van der Waals surface area contributed by atoms with Gasteiger partial charge in [0.05, 0.1) is 17.2 Å². The summed E-state index contributed by atoms with van der Waals surface area (Å²) in [5, 5.41) is 6.56. The maximum atomic E-state index is 14.0. The van der Waals surface area contributed by atoms with Gasteiger partial charge in [0.25, 0.3) is 5.91 Å². The van der Waals surface area contributed by atoms with Gasteiger partial charge in [-0.05, 0) is 49.9 Å². The van der Waals surface area contributed by atoms with E-state index in [2.05, 4.69) is 10.2 Å². The summed E-state index contributed by atoms with van der Waals surface area (Å²) in [6.07, 6.45) is 1.04. The van der Waals surface area contributed by atoms with Gasteiger partial charge in [0.1, 0.15) is 17.3 Å². The topological polar surface area (TPSA) is 83.1 Å². The maximum Gasteiger partial charge on any atom is 0.272 e. The minimum absolute atomic E-state index is 0.0360. The van der Waals surface area contributed by atoms with E-state index in [1.54, 1.807) is 13.0 Å². The van der Waals surface area contributed by atoms with E-state index in [9.17, 15) is 22.0 Å². The number of aromatic nitrogens is 2. The molecule has 27 heavy (non-hydrogen) atoms. The number of nitrogens with one attached hydrogen (secondary N) is 1. The summed E-state index contributed by atoms with van der Waals surface area (Å²) in [5.41, 5.74) is 0.958. The Labute approximate surface area is 156 Å². The molecule has 3 rings (SSSR count). The zero-order chi connectivity index (χ0) is 19.6. The number of halogens is 2. The summed E-state index contributed by atoms with van der Waals surface area (Å²) in [5.74, 6) is -1.35. The smallest absolute Gasteiger partial charge is 0.272 e. The maximum absolute atomic E-state index is 14.0. The fourth-order valence-corrected chi connectivity index (χ4v) is 5.17. The van der Waals surface area contributed by atoms with Crippen LogP contribution in [0.4, 0.5) is 8.78 Å². The molecule has 1 unspecified atom stereocenters. The Balaban J connectivity index is 1.77. The van der Waals surface area contributed by atoms with Crippen molar-refractivity contribution in [3.63, 3.8) is 0 Å². The molecular weight excluding hydrogens is 376 g/mol. The molecule has 0 saturated carbocycles. The van der Waals surface area contributed by atoms with Crippen LogP contribution in [0, 0.1) is 24.5 Å². The normalized spacial score (nSPS) is 18.6. The number of amides is 1. The van der Waals surface area contributed by atoms with Crippen molar-refractivity contribution in [2.75, 3.05) is 18.1 Å². The molecule has 6 nitrogen and oxygen atoms in total. The second kappa shape index (κ2) is 7.75. The van der Waals surface area contributed by atoms with Gasteiger partial charge >= 0.3 is 0 Å². The Kier molecular flexibility index (Phi) is 5.59. The zero-order valence-corrected chi connectivity index (χ0v) is 15.7. The van der Waals surface area contributed by atoms with Crippen LogP contribution in [0.15, 0.2) is 24.3 Å². The van der Waals surface area contributed by atoms with Gasteiger partial charge in [0, 0.05) is 18.7 Å².